The molecule has 114 valence electrons. The van der Waals surface area contributed by atoms with Crippen molar-refractivity contribution in [2.45, 2.75) is 52.0 Å². The van der Waals surface area contributed by atoms with E-state index < -0.39 is 0 Å². The Bertz CT molecular complexity index is 542. The molecule has 0 N–H and O–H groups in total. The molecule has 2 heterocycles. The Balaban J connectivity index is 1.38. The number of nitrogens with zero attached hydrogens (tertiary/aromatic N) is 3. The third-order valence-corrected chi connectivity index (χ3v) is 5.27. The Hall–Kier alpha value is -1.32. The van der Waals surface area contributed by atoms with Crippen LogP contribution >= 0.6 is 0 Å². The molecule has 21 heavy (non-hydrogen) atoms. The van der Waals surface area contributed by atoms with Gasteiger partial charge in [0.25, 0.3) is 0 Å². The summed E-state index contributed by atoms with van der Waals surface area (Å²) in [6.45, 7) is 5.22. The zero-order valence-corrected chi connectivity index (χ0v) is 12.9. The van der Waals surface area contributed by atoms with E-state index >= 15 is 0 Å². The number of carbonyl (C=O) groups is 1. The molecular weight excluding hydrogens is 262 g/mol. The van der Waals surface area contributed by atoms with Crippen molar-refractivity contribution in [1.82, 2.24) is 14.5 Å². The number of likely N-dealkylation sites (tertiary alicyclic amines) is 1. The maximum absolute atomic E-state index is 12.1. The van der Waals surface area contributed by atoms with Crippen molar-refractivity contribution in [2.75, 3.05) is 13.1 Å². The minimum absolute atomic E-state index is 0.364. The summed E-state index contributed by atoms with van der Waals surface area (Å²) in [5, 5.41) is 0. The van der Waals surface area contributed by atoms with Crippen molar-refractivity contribution in [3.8, 4) is 0 Å². The molecule has 1 amide bonds. The molecule has 4 nitrogen and oxygen atoms in total. The van der Waals surface area contributed by atoms with Crippen LogP contribution in [0.2, 0.25) is 0 Å². The summed E-state index contributed by atoms with van der Waals surface area (Å²) in [5.74, 6) is 3.50. The van der Waals surface area contributed by atoms with Crippen LogP contribution in [0.15, 0.2) is 6.20 Å². The summed E-state index contributed by atoms with van der Waals surface area (Å²) in [4.78, 5) is 18.9. The normalized spacial score (nSPS) is 25.6. The molecule has 0 aromatic carbocycles. The second-order valence-corrected chi connectivity index (χ2v) is 7.29. The number of hydrogen-bond acceptors (Lipinski definition) is 2. The molecule has 4 heteroatoms. The first-order chi connectivity index (χ1) is 10.2. The van der Waals surface area contributed by atoms with Gasteiger partial charge in [0, 0.05) is 43.9 Å². The zero-order chi connectivity index (χ0) is 14.4. The van der Waals surface area contributed by atoms with Gasteiger partial charge in [-0.15, -0.1) is 0 Å². The predicted molar refractivity (Wildman–Crippen MR) is 80.8 cm³/mol. The van der Waals surface area contributed by atoms with Crippen molar-refractivity contribution < 1.29 is 4.79 Å². The van der Waals surface area contributed by atoms with Gasteiger partial charge in [-0.25, -0.2) is 4.98 Å². The van der Waals surface area contributed by atoms with Crippen LogP contribution in [0.5, 0.6) is 0 Å². The minimum atomic E-state index is 0.364. The molecule has 0 radical (unpaired) electrons. The summed E-state index contributed by atoms with van der Waals surface area (Å²) >= 11 is 0. The van der Waals surface area contributed by atoms with E-state index in [9.17, 15) is 4.79 Å². The van der Waals surface area contributed by atoms with E-state index in [1.807, 2.05) is 6.20 Å². The second-order valence-electron chi connectivity index (χ2n) is 7.29. The molecule has 1 saturated heterocycles. The molecule has 0 spiro atoms. The average molecular weight is 287 g/mol. The molecule has 1 aromatic heterocycles. The van der Waals surface area contributed by atoms with Gasteiger partial charge in [0.15, 0.2) is 0 Å². The molecular formula is C17H25N3O. The van der Waals surface area contributed by atoms with E-state index in [2.05, 4.69) is 21.4 Å². The topological polar surface area (TPSA) is 38.1 Å². The van der Waals surface area contributed by atoms with Crippen LogP contribution in [0.4, 0.5) is 0 Å². The van der Waals surface area contributed by atoms with Crippen LogP contribution in [-0.4, -0.2) is 33.4 Å². The van der Waals surface area contributed by atoms with E-state index in [1.54, 1.807) is 0 Å². The largest absolute Gasteiger partial charge is 0.342 e. The molecule has 1 atom stereocenters. The van der Waals surface area contributed by atoms with Gasteiger partial charge in [-0.2, -0.15) is 0 Å². The number of aryl methyl sites for hydroxylation is 1. The molecule has 2 saturated carbocycles. The lowest BCUT2D eigenvalue weighted by atomic mass is 10.0. The highest BCUT2D eigenvalue weighted by Gasteiger charge is 2.36. The highest BCUT2D eigenvalue weighted by Crippen LogP contribution is 2.34. The van der Waals surface area contributed by atoms with Gasteiger partial charge in [-0.1, -0.05) is 0 Å². The van der Waals surface area contributed by atoms with Crippen molar-refractivity contribution in [3.63, 3.8) is 0 Å². The summed E-state index contributed by atoms with van der Waals surface area (Å²) in [7, 11) is 0. The van der Waals surface area contributed by atoms with Crippen molar-refractivity contribution >= 4 is 5.91 Å². The van der Waals surface area contributed by atoms with Gasteiger partial charge in [0.05, 0.1) is 0 Å². The quantitative estimate of drug-likeness (QED) is 0.834. The van der Waals surface area contributed by atoms with Gasteiger partial charge in [-0.05, 0) is 50.9 Å². The second kappa shape index (κ2) is 5.15. The fourth-order valence-corrected chi connectivity index (χ4v) is 3.53. The Morgan fingerprint density at radius 1 is 1.24 bits per heavy atom. The Labute approximate surface area is 126 Å². The van der Waals surface area contributed by atoms with E-state index in [4.69, 9.17) is 0 Å². The summed E-state index contributed by atoms with van der Waals surface area (Å²) in [6.07, 6.45) is 9.19. The summed E-state index contributed by atoms with van der Waals surface area (Å²) in [6, 6.07) is 0. The van der Waals surface area contributed by atoms with Crippen molar-refractivity contribution in [3.05, 3.63) is 17.7 Å². The standard InChI is InChI=1S/C17H25N3O/c1-12-9-18-16(20(12)11-13-2-3-13)8-14-6-7-19(10-14)17(21)15-4-5-15/h9,13-15H,2-8,10-11H2,1H3. The predicted octanol–water partition coefficient (Wildman–Crippen LogP) is 2.40. The third kappa shape index (κ3) is 2.85. The van der Waals surface area contributed by atoms with Crippen LogP contribution < -0.4 is 0 Å². The monoisotopic (exact) mass is 287 g/mol. The van der Waals surface area contributed by atoms with E-state index in [0.29, 0.717) is 17.7 Å². The minimum Gasteiger partial charge on any atom is -0.342 e. The van der Waals surface area contributed by atoms with Gasteiger partial charge in [-0.3, -0.25) is 4.79 Å². The highest BCUT2D eigenvalue weighted by atomic mass is 16.2. The Morgan fingerprint density at radius 3 is 2.76 bits per heavy atom. The molecule has 1 aromatic rings. The lowest BCUT2D eigenvalue weighted by molar-refractivity contribution is -0.131. The van der Waals surface area contributed by atoms with Crippen LogP contribution in [-0.2, 0) is 17.8 Å². The first-order valence-corrected chi connectivity index (χ1v) is 8.50. The maximum Gasteiger partial charge on any atom is 0.225 e. The molecule has 3 aliphatic rings. The third-order valence-electron chi connectivity index (χ3n) is 5.27. The fraction of sp³-hybridized carbons (Fsp3) is 0.765. The zero-order valence-electron chi connectivity index (χ0n) is 12.9. The fourth-order valence-electron chi connectivity index (χ4n) is 3.53. The SMILES string of the molecule is Cc1cnc(CC2CCN(C(=O)C3CC3)C2)n1CC1CC1. The van der Waals surface area contributed by atoms with Crippen LogP contribution in [0.25, 0.3) is 0 Å². The molecule has 1 unspecified atom stereocenters. The number of amides is 1. The number of imidazole rings is 1. The number of aromatic nitrogens is 2. The lowest BCUT2D eigenvalue weighted by Gasteiger charge is -2.16. The smallest absolute Gasteiger partial charge is 0.225 e. The molecule has 3 fully saturated rings. The summed E-state index contributed by atoms with van der Waals surface area (Å²) in [5.41, 5.74) is 1.29. The van der Waals surface area contributed by atoms with Gasteiger partial charge >= 0.3 is 0 Å². The van der Waals surface area contributed by atoms with Crippen molar-refractivity contribution in [2.24, 2.45) is 17.8 Å². The number of hydrogen-bond donors (Lipinski definition) is 0. The van der Waals surface area contributed by atoms with E-state index in [0.717, 1.165) is 51.2 Å². The van der Waals surface area contributed by atoms with E-state index in [1.165, 1.54) is 24.4 Å². The summed E-state index contributed by atoms with van der Waals surface area (Å²) < 4.78 is 2.42. The Kier molecular flexibility index (Phi) is 3.27. The molecule has 4 rings (SSSR count). The van der Waals surface area contributed by atoms with Gasteiger partial charge in [0.1, 0.15) is 5.82 Å². The molecule has 1 aliphatic heterocycles. The van der Waals surface area contributed by atoms with Gasteiger partial charge < -0.3 is 9.47 Å². The number of rotatable bonds is 5. The molecule has 0 bridgehead atoms. The van der Waals surface area contributed by atoms with Crippen LogP contribution in [0.3, 0.4) is 0 Å². The average Bonchev–Trinajstić information content (AvgIpc) is 3.38. The molecule has 2 aliphatic carbocycles. The Morgan fingerprint density at radius 2 is 2.05 bits per heavy atom. The number of carbonyl (C=O) groups excluding carboxylic acids is 1. The van der Waals surface area contributed by atoms with E-state index in [-0.39, 0.29) is 0 Å². The van der Waals surface area contributed by atoms with Crippen LogP contribution in [0.1, 0.15) is 43.6 Å². The highest BCUT2D eigenvalue weighted by molar-refractivity contribution is 5.81. The van der Waals surface area contributed by atoms with Gasteiger partial charge in [0.2, 0.25) is 5.91 Å². The lowest BCUT2D eigenvalue weighted by Crippen LogP contribution is -2.30. The first kappa shape index (κ1) is 13.4. The van der Waals surface area contributed by atoms with Crippen LogP contribution in [0, 0.1) is 24.7 Å². The first-order valence-electron chi connectivity index (χ1n) is 8.50. The van der Waals surface area contributed by atoms with Crippen molar-refractivity contribution in [1.29, 1.82) is 0 Å². The maximum atomic E-state index is 12.1.